The van der Waals surface area contributed by atoms with Crippen molar-refractivity contribution in [2.45, 2.75) is 24.0 Å². The molecule has 4 heterocycles. The van der Waals surface area contributed by atoms with Gasteiger partial charge in [0.05, 0.1) is 19.5 Å². The Bertz CT molecular complexity index is 943. The zero-order chi connectivity index (χ0) is 18.0. The number of rotatable bonds is 4. The molecule has 2 aromatic rings. The number of anilines is 1. The maximum Gasteiger partial charge on any atom is 0.322 e. The maximum atomic E-state index is 11.9. The molecule has 4 rings (SSSR count). The number of fused-ring (bicyclic) bond motifs is 3. The monoisotopic (exact) mass is 391 g/mol. The van der Waals surface area contributed by atoms with Gasteiger partial charge in [0.1, 0.15) is 17.8 Å². The first-order valence-corrected chi connectivity index (χ1v) is 9.73. The van der Waals surface area contributed by atoms with Crippen LogP contribution in [0.5, 0.6) is 0 Å². The highest BCUT2D eigenvalue weighted by Gasteiger charge is 2.64. The molecule has 4 atom stereocenters. The normalized spacial score (nSPS) is 31.9. The van der Waals surface area contributed by atoms with Gasteiger partial charge in [-0.25, -0.2) is 4.98 Å². The fourth-order valence-electron chi connectivity index (χ4n) is 3.17. The van der Waals surface area contributed by atoms with Crippen LogP contribution in [0, 0.1) is 0 Å². The summed E-state index contributed by atoms with van der Waals surface area (Å²) in [6.45, 7) is -4.54. The highest BCUT2D eigenvalue weighted by molar-refractivity contribution is 8.06. The summed E-state index contributed by atoms with van der Waals surface area (Å²) in [5, 5.41) is 9.74. The van der Waals surface area contributed by atoms with Crippen molar-refractivity contribution in [1.82, 2.24) is 19.5 Å². The van der Waals surface area contributed by atoms with Crippen molar-refractivity contribution in [3.05, 3.63) is 16.7 Å². The Balaban J connectivity index is 1.78. The molecule has 14 heteroatoms. The summed E-state index contributed by atoms with van der Waals surface area (Å²) in [4.78, 5) is 41.2. The molecule has 136 valence electrons. The SMILES string of the molecule is Nc1nc2c(ncn2[C@@H]2O[C@@]3(CO)CO[C@@H]2[C@@H]3OP(O)(O)=S)c(=O)[nH]1. The first-order chi connectivity index (χ1) is 11.7. The van der Waals surface area contributed by atoms with Gasteiger partial charge in [0.2, 0.25) is 5.95 Å². The highest BCUT2D eigenvalue weighted by Crippen LogP contribution is 2.52. The number of nitrogens with zero attached hydrogens (tertiary/aromatic N) is 3. The molecule has 0 spiro atoms. The first kappa shape index (κ1) is 17.0. The third-order valence-electron chi connectivity index (χ3n) is 4.22. The van der Waals surface area contributed by atoms with E-state index in [2.05, 4.69) is 26.8 Å². The molecule has 0 unspecified atom stereocenters. The van der Waals surface area contributed by atoms with E-state index in [1.807, 2.05) is 0 Å². The number of imidazole rings is 1. The highest BCUT2D eigenvalue weighted by atomic mass is 32.5. The number of ether oxygens (including phenoxy) is 2. The summed E-state index contributed by atoms with van der Waals surface area (Å²) in [6, 6.07) is 0. The van der Waals surface area contributed by atoms with Crippen molar-refractivity contribution in [2.24, 2.45) is 0 Å². The van der Waals surface area contributed by atoms with Gasteiger partial charge in [-0.05, 0) is 11.8 Å². The number of aromatic amines is 1. The zero-order valence-electron chi connectivity index (χ0n) is 12.5. The van der Waals surface area contributed by atoms with Crippen LogP contribution in [-0.2, 0) is 25.8 Å². The van der Waals surface area contributed by atoms with E-state index in [4.69, 9.17) is 19.7 Å². The van der Waals surface area contributed by atoms with Gasteiger partial charge >= 0.3 is 6.72 Å². The van der Waals surface area contributed by atoms with Crippen molar-refractivity contribution < 1.29 is 28.9 Å². The average molecular weight is 391 g/mol. The van der Waals surface area contributed by atoms with Gasteiger partial charge in [-0.1, -0.05) is 0 Å². The minimum absolute atomic E-state index is 0.0204. The third-order valence-corrected chi connectivity index (χ3v) is 4.98. The quantitative estimate of drug-likeness (QED) is 0.362. The Morgan fingerprint density at radius 1 is 1.60 bits per heavy atom. The fraction of sp³-hybridized carbons (Fsp3) is 0.545. The van der Waals surface area contributed by atoms with Crippen LogP contribution in [0.1, 0.15) is 6.23 Å². The summed E-state index contributed by atoms with van der Waals surface area (Å²) >= 11 is 4.52. The summed E-state index contributed by atoms with van der Waals surface area (Å²) in [6.07, 6.45) is -1.41. The average Bonchev–Trinajstić information content (AvgIpc) is 3.16. The van der Waals surface area contributed by atoms with Crippen molar-refractivity contribution in [3.8, 4) is 0 Å². The van der Waals surface area contributed by atoms with Crippen LogP contribution in [0.3, 0.4) is 0 Å². The third kappa shape index (κ3) is 2.60. The number of nitrogens with one attached hydrogen (secondary N) is 1. The van der Waals surface area contributed by atoms with Crippen LogP contribution in [0.25, 0.3) is 11.2 Å². The number of nitrogens with two attached hydrogens (primary N) is 1. The molecule has 2 fully saturated rings. The molecule has 2 aromatic heterocycles. The Hall–Kier alpha value is -1.44. The zero-order valence-corrected chi connectivity index (χ0v) is 14.2. The first-order valence-electron chi connectivity index (χ1n) is 7.11. The van der Waals surface area contributed by atoms with E-state index >= 15 is 0 Å². The van der Waals surface area contributed by atoms with Crippen LogP contribution in [-0.4, -0.2) is 65.4 Å². The Morgan fingerprint density at radius 3 is 3.04 bits per heavy atom. The van der Waals surface area contributed by atoms with Crippen LogP contribution in [0.2, 0.25) is 0 Å². The molecule has 0 aromatic carbocycles. The van der Waals surface area contributed by atoms with E-state index in [-0.39, 0.29) is 23.7 Å². The molecule has 2 bridgehead atoms. The number of aliphatic hydroxyl groups excluding tert-OH is 1. The second-order valence-electron chi connectivity index (χ2n) is 5.80. The number of aliphatic hydroxyl groups is 1. The predicted molar refractivity (Wildman–Crippen MR) is 85.8 cm³/mol. The number of aromatic nitrogens is 4. The van der Waals surface area contributed by atoms with Gasteiger partial charge in [-0.15, -0.1) is 0 Å². The van der Waals surface area contributed by atoms with Gasteiger partial charge < -0.3 is 30.1 Å². The van der Waals surface area contributed by atoms with E-state index < -0.39 is 42.9 Å². The van der Waals surface area contributed by atoms with Crippen LogP contribution in [0.4, 0.5) is 5.95 Å². The molecular weight excluding hydrogens is 377 g/mol. The van der Waals surface area contributed by atoms with Crippen LogP contribution in [0.15, 0.2) is 11.1 Å². The lowest BCUT2D eigenvalue weighted by Gasteiger charge is -2.30. The van der Waals surface area contributed by atoms with Gasteiger partial charge in [-0.3, -0.25) is 18.9 Å². The molecule has 0 aliphatic carbocycles. The second-order valence-corrected chi connectivity index (χ2v) is 8.42. The molecular formula is C11H14N5O7PS. The summed E-state index contributed by atoms with van der Waals surface area (Å²) in [5.74, 6) is -0.103. The molecule has 0 amide bonds. The molecule has 0 saturated carbocycles. The van der Waals surface area contributed by atoms with Crippen molar-refractivity contribution >= 4 is 35.6 Å². The van der Waals surface area contributed by atoms with E-state index in [1.54, 1.807) is 0 Å². The molecule has 12 nitrogen and oxygen atoms in total. The van der Waals surface area contributed by atoms with Crippen molar-refractivity contribution in [3.63, 3.8) is 0 Å². The molecule has 0 radical (unpaired) electrons. The topological polar surface area (TPSA) is 178 Å². The van der Waals surface area contributed by atoms with Crippen molar-refractivity contribution in [2.75, 3.05) is 18.9 Å². The minimum Gasteiger partial charge on any atom is -0.393 e. The largest absolute Gasteiger partial charge is 0.393 e. The standard InChI is InChI=1S/C11H14N5O7PS/c12-10-14-7-4(8(18)15-10)13-3-16(7)9-5-6(23-24(19,20)25)11(1-17,22-9)2-21-5/h3,5-6,9,17H,1-2H2,(H2,19,20,25)(H3,12,14,15,18)/t5-,6+,9-,11+/m1/s1. The number of hydrogen-bond acceptors (Lipinski definition) is 9. The maximum absolute atomic E-state index is 11.9. The molecule has 2 saturated heterocycles. The number of H-pyrrole nitrogens is 1. The van der Waals surface area contributed by atoms with Gasteiger partial charge in [0.15, 0.2) is 17.4 Å². The fourth-order valence-corrected chi connectivity index (χ4v) is 4.05. The predicted octanol–water partition coefficient (Wildman–Crippen LogP) is -2.05. The Kier molecular flexibility index (Phi) is 3.76. The van der Waals surface area contributed by atoms with Gasteiger partial charge in [-0.2, -0.15) is 4.98 Å². The molecule has 2 aliphatic rings. The lowest BCUT2D eigenvalue weighted by atomic mass is 10.0. The molecule has 2 aliphatic heterocycles. The summed E-state index contributed by atoms with van der Waals surface area (Å²) in [7, 11) is 0. The van der Waals surface area contributed by atoms with Gasteiger partial charge in [0, 0.05) is 0 Å². The summed E-state index contributed by atoms with van der Waals surface area (Å²) < 4.78 is 18.0. The minimum atomic E-state index is -4.03. The van der Waals surface area contributed by atoms with E-state index in [1.165, 1.54) is 10.9 Å². The van der Waals surface area contributed by atoms with Crippen LogP contribution < -0.4 is 11.3 Å². The lowest BCUT2D eigenvalue weighted by molar-refractivity contribution is -0.185. The van der Waals surface area contributed by atoms with Gasteiger partial charge in [0.25, 0.3) is 5.56 Å². The van der Waals surface area contributed by atoms with Crippen LogP contribution >= 0.6 is 6.72 Å². The number of nitrogen functional groups attached to an aromatic ring is 1. The Labute approximate surface area is 144 Å². The number of hydrogen-bond donors (Lipinski definition) is 5. The lowest BCUT2D eigenvalue weighted by Crippen LogP contribution is -2.45. The Morgan fingerprint density at radius 2 is 2.36 bits per heavy atom. The van der Waals surface area contributed by atoms with E-state index in [9.17, 15) is 19.7 Å². The van der Waals surface area contributed by atoms with E-state index in [0.717, 1.165) is 0 Å². The summed E-state index contributed by atoms with van der Waals surface area (Å²) in [5.41, 5.74) is 3.93. The molecule has 25 heavy (non-hydrogen) atoms. The second kappa shape index (κ2) is 5.53. The van der Waals surface area contributed by atoms with Crippen molar-refractivity contribution in [1.29, 1.82) is 0 Å². The smallest absolute Gasteiger partial charge is 0.322 e. The molecule has 6 N–H and O–H groups in total. The van der Waals surface area contributed by atoms with E-state index in [0.29, 0.717) is 0 Å².